The molecule has 1 heterocycles. The van der Waals surface area contributed by atoms with E-state index in [1.54, 1.807) is 0 Å². The fourth-order valence-electron chi connectivity index (χ4n) is 3.60. The maximum Gasteiger partial charge on any atom is 0.0535 e. The Hall–Kier alpha value is -0.860. The quantitative estimate of drug-likeness (QED) is 0.902. The Morgan fingerprint density at radius 3 is 2.50 bits per heavy atom. The van der Waals surface area contributed by atoms with Gasteiger partial charge in [-0.3, -0.25) is 4.90 Å². The molecule has 1 aliphatic heterocycles. The zero-order chi connectivity index (χ0) is 14.8. The van der Waals surface area contributed by atoms with Crippen LogP contribution in [0.5, 0.6) is 0 Å². The van der Waals surface area contributed by atoms with Crippen LogP contribution < -0.4 is 5.32 Å². The highest BCUT2D eigenvalue weighted by Crippen LogP contribution is 2.29. The fourth-order valence-corrected chi connectivity index (χ4v) is 3.60. The van der Waals surface area contributed by atoms with Gasteiger partial charge in [0, 0.05) is 25.2 Å². The summed E-state index contributed by atoms with van der Waals surface area (Å²) in [7, 11) is 0. The summed E-state index contributed by atoms with van der Waals surface area (Å²) in [6.45, 7) is 13.9. The lowest BCUT2D eigenvalue weighted by Crippen LogP contribution is -2.63. The van der Waals surface area contributed by atoms with Crippen molar-refractivity contribution in [2.75, 3.05) is 13.1 Å². The summed E-state index contributed by atoms with van der Waals surface area (Å²) in [5, 5.41) is 3.77. The van der Waals surface area contributed by atoms with Crippen molar-refractivity contribution in [1.82, 2.24) is 10.2 Å². The van der Waals surface area contributed by atoms with Gasteiger partial charge in [-0.2, -0.15) is 0 Å². The zero-order valence-corrected chi connectivity index (χ0v) is 13.7. The summed E-state index contributed by atoms with van der Waals surface area (Å²) in [6, 6.07) is 12.2. The van der Waals surface area contributed by atoms with E-state index >= 15 is 0 Å². The van der Waals surface area contributed by atoms with Crippen LogP contribution in [0.4, 0.5) is 0 Å². The third kappa shape index (κ3) is 3.07. The molecule has 3 unspecified atom stereocenters. The van der Waals surface area contributed by atoms with Crippen molar-refractivity contribution in [3.8, 4) is 0 Å². The summed E-state index contributed by atoms with van der Waals surface area (Å²) in [5.41, 5.74) is 1.46. The van der Waals surface area contributed by atoms with Gasteiger partial charge in [0.15, 0.2) is 0 Å². The van der Waals surface area contributed by atoms with Crippen molar-refractivity contribution < 1.29 is 0 Å². The first-order chi connectivity index (χ1) is 9.48. The van der Waals surface area contributed by atoms with E-state index in [0.29, 0.717) is 18.0 Å². The largest absolute Gasteiger partial charge is 0.305 e. The minimum absolute atomic E-state index is 0.0656. The molecule has 1 N–H and O–H groups in total. The summed E-state index contributed by atoms with van der Waals surface area (Å²) < 4.78 is 0. The van der Waals surface area contributed by atoms with Gasteiger partial charge in [0.2, 0.25) is 0 Å². The molecule has 112 valence electrons. The maximum absolute atomic E-state index is 3.77. The molecular formula is C18H30N2. The van der Waals surface area contributed by atoms with Gasteiger partial charge in [-0.25, -0.2) is 0 Å². The number of rotatable bonds is 4. The molecule has 2 heteroatoms. The van der Waals surface area contributed by atoms with Gasteiger partial charge >= 0.3 is 0 Å². The van der Waals surface area contributed by atoms with Crippen molar-refractivity contribution in [2.45, 2.75) is 58.7 Å². The molecule has 0 saturated carbocycles. The van der Waals surface area contributed by atoms with Crippen molar-refractivity contribution >= 4 is 0 Å². The molecule has 1 aromatic carbocycles. The lowest BCUT2D eigenvalue weighted by atomic mass is 9.86. The highest BCUT2D eigenvalue weighted by molar-refractivity contribution is 5.25. The van der Waals surface area contributed by atoms with Gasteiger partial charge in [-0.15, -0.1) is 0 Å². The summed E-state index contributed by atoms with van der Waals surface area (Å²) in [5.74, 6) is 0.709. The van der Waals surface area contributed by atoms with E-state index in [9.17, 15) is 0 Å². The van der Waals surface area contributed by atoms with Gasteiger partial charge in [0.1, 0.15) is 0 Å². The maximum atomic E-state index is 3.77. The minimum atomic E-state index is 0.0656. The Balaban J connectivity index is 2.23. The molecule has 0 spiro atoms. The predicted octanol–water partition coefficient (Wildman–Crippen LogP) is 3.63. The number of nitrogens with one attached hydrogen (secondary N) is 1. The van der Waals surface area contributed by atoms with Crippen LogP contribution >= 0.6 is 0 Å². The second-order valence-electron chi connectivity index (χ2n) is 6.82. The number of benzene rings is 1. The van der Waals surface area contributed by atoms with Gasteiger partial charge in [0.05, 0.1) is 5.54 Å². The number of hydrogen-bond acceptors (Lipinski definition) is 2. The van der Waals surface area contributed by atoms with E-state index in [0.717, 1.165) is 13.1 Å². The van der Waals surface area contributed by atoms with Crippen LogP contribution in [0.2, 0.25) is 0 Å². The molecule has 2 rings (SSSR count). The molecule has 0 amide bonds. The average Bonchev–Trinajstić information content (AvgIpc) is 2.44. The van der Waals surface area contributed by atoms with Crippen LogP contribution in [0.15, 0.2) is 30.3 Å². The Morgan fingerprint density at radius 1 is 1.30 bits per heavy atom. The fraction of sp³-hybridized carbons (Fsp3) is 0.667. The third-order valence-corrected chi connectivity index (χ3v) is 4.88. The Kier molecular flexibility index (Phi) is 4.87. The van der Waals surface area contributed by atoms with Gasteiger partial charge in [-0.1, -0.05) is 51.1 Å². The van der Waals surface area contributed by atoms with Crippen LogP contribution in [0, 0.1) is 5.92 Å². The molecule has 1 fully saturated rings. The molecule has 0 aliphatic carbocycles. The van der Waals surface area contributed by atoms with E-state index in [2.05, 4.69) is 75.2 Å². The van der Waals surface area contributed by atoms with E-state index in [-0.39, 0.29) is 5.54 Å². The molecule has 1 saturated heterocycles. The normalized spacial score (nSPS) is 29.6. The monoisotopic (exact) mass is 274 g/mol. The van der Waals surface area contributed by atoms with Crippen LogP contribution in [0.1, 0.15) is 46.6 Å². The molecule has 0 aromatic heterocycles. The summed E-state index contributed by atoms with van der Waals surface area (Å²) in [4.78, 5) is 2.72. The third-order valence-electron chi connectivity index (χ3n) is 4.88. The second kappa shape index (κ2) is 6.28. The first kappa shape index (κ1) is 15.5. The SMILES string of the molecule is CCC(C(C)C)N1CC(C)(c2ccccc2)NCC1C. The minimum Gasteiger partial charge on any atom is -0.305 e. The highest BCUT2D eigenvalue weighted by atomic mass is 15.3. The van der Waals surface area contributed by atoms with Crippen molar-refractivity contribution in [3.63, 3.8) is 0 Å². The summed E-state index contributed by atoms with van der Waals surface area (Å²) >= 11 is 0. The van der Waals surface area contributed by atoms with Gasteiger partial charge < -0.3 is 5.32 Å². The zero-order valence-electron chi connectivity index (χ0n) is 13.7. The Bertz CT molecular complexity index is 415. The highest BCUT2D eigenvalue weighted by Gasteiger charge is 2.38. The molecular weight excluding hydrogens is 244 g/mol. The second-order valence-corrected chi connectivity index (χ2v) is 6.82. The van der Waals surface area contributed by atoms with E-state index < -0.39 is 0 Å². The number of nitrogens with zero attached hydrogens (tertiary/aromatic N) is 1. The molecule has 0 radical (unpaired) electrons. The summed E-state index contributed by atoms with van der Waals surface area (Å²) in [6.07, 6.45) is 1.23. The van der Waals surface area contributed by atoms with Crippen LogP contribution in [-0.2, 0) is 5.54 Å². The Labute approximate surface area is 124 Å². The smallest absolute Gasteiger partial charge is 0.0535 e. The topological polar surface area (TPSA) is 15.3 Å². The van der Waals surface area contributed by atoms with Crippen LogP contribution in [-0.4, -0.2) is 30.1 Å². The van der Waals surface area contributed by atoms with E-state index in [1.165, 1.54) is 12.0 Å². The average molecular weight is 274 g/mol. The molecule has 1 aromatic rings. The lowest BCUT2D eigenvalue weighted by Gasteiger charge is -2.49. The van der Waals surface area contributed by atoms with E-state index in [4.69, 9.17) is 0 Å². The molecule has 20 heavy (non-hydrogen) atoms. The van der Waals surface area contributed by atoms with Crippen molar-refractivity contribution in [3.05, 3.63) is 35.9 Å². The molecule has 0 bridgehead atoms. The van der Waals surface area contributed by atoms with Crippen molar-refractivity contribution in [1.29, 1.82) is 0 Å². The Morgan fingerprint density at radius 2 is 1.95 bits per heavy atom. The molecule has 2 nitrogen and oxygen atoms in total. The van der Waals surface area contributed by atoms with Gasteiger partial charge in [0.25, 0.3) is 0 Å². The predicted molar refractivity (Wildman–Crippen MR) is 86.9 cm³/mol. The number of piperazine rings is 1. The number of hydrogen-bond donors (Lipinski definition) is 1. The first-order valence-electron chi connectivity index (χ1n) is 8.04. The van der Waals surface area contributed by atoms with Crippen LogP contribution in [0.25, 0.3) is 0 Å². The standard InChI is InChI=1S/C18H30N2/c1-6-17(14(2)3)20-13-18(5,19-12-15(20)4)16-10-8-7-9-11-16/h7-11,14-15,17,19H,6,12-13H2,1-5H3. The molecule has 3 atom stereocenters. The van der Waals surface area contributed by atoms with Gasteiger partial charge in [-0.05, 0) is 31.7 Å². The van der Waals surface area contributed by atoms with E-state index in [1.807, 2.05) is 0 Å². The first-order valence-corrected chi connectivity index (χ1v) is 8.04. The van der Waals surface area contributed by atoms with Crippen molar-refractivity contribution in [2.24, 2.45) is 5.92 Å². The lowest BCUT2D eigenvalue weighted by molar-refractivity contribution is 0.0335. The molecule has 1 aliphatic rings. The van der Waals surface area contributed by atoms with Crippen LogP contribution in [0.3, 0.4) is 0 Å².